The summed E-state index contributed by atoms with van der Waals surface area (Å²) in [7, 11) is 0. The number of rotatable bonds is 2. The molecule has 2 aliphatic rings. The molecule has 2 amide bonds. The molecule has 2 heterocycles. The second kappa shape index (κ2) is 5.71. The average Bonchev–Trinajstić information content (AvgIpc) is 2.82. The van der Waals surface area contributed by atoms with Crippen LogP contribution in [0.5, 0.6) is 0 Å². The second-order valence-corrected chi connectivity index (χ2v) is 5.68. The highest BCUT2D eigenvalue weighted by Gasteiger charge is 2.26. The summed E-state index contributed by atoms with van der Waals surface area (Å²) < 4.78 is 0. The summed E-state index contributed by atoms with van der Waals surface area (Å²) in [4.78, 5) is 14.1. The lowest BCUT2D eigenvalue weighted by atomic mass is 9.99. The van der Waals surface area contributed by atoms with Gasteiger partial charge in [0.05, 0.1) is 0 Å². The van der Waals surface area contributed by atoms with Crippen molar-refractivity contribution in [3.63, 3.8) is 0 Å². The molecular weight excluding hydrogens is 214 g/mol. The third kappa shape index (κ3) is 3.35. The highest BCUT2D eigenvalue weighted by Crippen LogP contribution is 2.17. The topological polar surface area (TPSA) is 44.4 Å². The number of carbonyl (C=O) groups excluding carboxylic acids is 1. The number of amides is 2. The lowest BCUT2D eigenvalue weighted by Crippen LogP contribution is -2.49. The first-order chi connectivity index (χ1) is 8.16. The molecule has 0 bridgehead atoms. The Morgan fingerprint density at radius 3 is 2.94 bits per heavy atom. The maximum Gasteiger partial charge on any atom is 0.317 e. The fourth-order valence-corrected chi connectivity index (χ4v) is 2.88. The van der Waals surface area contributed by atoms with Gasteiger partial charge >= 0.3 is 6.03 Å². The van der Waals surface area contributed by atoms with Crippen molar-refractivity contribution in [2.24, 2.45) is 11.8 Å². The molecule has 0 aromatic rings. The third-order valence-corrected chi connectivity index (χ3v) is 4.10. The molecule has 98 valence electrons. The van der Waals surface area contributed by atoms with Crippen molar-refractivity contribution in [3.05, 3.63) is 0 Å². The Bertz CT molecular complexity index is 263. The molecule has 4 nitrogen and oxygen atoms in total. The molecule has 0 aromatic heterocycles. The van der Waals surface area contributed by atoms with Gasteiger partial charge in [-0.15, -0.1) is 0 Å². The Hall–Kier alpha value is -0.770. The number of nitrogens with zero attached hydrogens (tertiary/aromatic N) is 1. The van der Waals surface area contributed by atoms with Crippen LogP contribution in [0.2, 0.25) is 0 Å². The smallest absolute Gasteiger partial charge is 0.317 e. The van der Waals surface area contributed by atoms with E-state index in [1.54, 1.807) is 0 Å². The van der Waals surface area contributed by atoms with Crippen LogP contribution in [0.4, 0.5) is 4.79 Å². The summed E-state index contributed by atoms with van der Waals surface area (Å²) in [6.07, 6.45) is 3.58. The summed E-state index contributed by atoms with van der Waals surface area (Å²) in [5.74, 6) is 1.25. The van der Waals surface area contributed by atoms with E-state index in [-0.39, 0.29) is 12.1 Å². The van der Waals surface area contributed by atoms with Gasteiger partial charge in [0.25, 0.3) is 0 Å². The lowest BCUT2D eigenvalue weighted by molar-refractivity contribution is 0.164. The number of nitrogens with one attached hydrogen (secondary N) is 2. The SMILES string of the molecule is CC1CCCN(C(=O)NC(C)C2CCNC2)C1. The minimum absolute atomic E-state index is 0.135. The summed E-state index contributed by atoms with van der Waals surface area (Å²) in [5, 5.41) is 6.51. The summed E-state index contributed by atoms with van der Waals surface area (Å²) in [6.45, 7) is 8.32. The van der Waals surface area contributed by atoms with Crippen LogP contribution >= 0.6 is 0 Å². The summed E-state index contributed by atoms with van der Waals surface area (Å²) in [5.41, 5.74) is 0. The molecule has 0 aliphatic carbocycles. The Labute approximate surface area is 104 Å². The number of hydrogen-bond donors (Lipinski definition) is 2. The highest BCUT2D eigenvalue weighted by atomic mass is 16.2. The van der Waals surface area contributed by atoms with Gasteiger partial charge in [-0.05, 0) is 51.1 Å². The molecule has 2 fully saturated rings. The number of piperidine rings is 1. The van der Waals surface area contributed by atoms with Gasteiger partial charge in [-0.25, -0.2) is 4.79 Å². The van der Waals surface area contributed by atoms with Gasteiger partial charge in [-0.1, -0.05) is 6.92 Å². The van der Waals surface area contributed by atoms with Crippen LogP contribution in [0, 0.1) is 11.8 Å². The first kappa shape index (κ1) is 12.7. The fourth-order valence-electron chi connectivity index (χ4n) is 2.88. The molecule has 0 spiro atoms. The van der Waals surface area contributed by atoms with E-state index in [0.29, 0.717) is 11.8 Å². The van der Waals surface area contributed by atoms with Crippen LogP contribution in [-0.4, -0.2) is 43.2 Å². The standard InChI is InChI=1S/C13H25N3O/c1-10-4-3-7-16(9-10)13(17)15-11(2)12-5-6-14-8-12/h10-12,14H,3-9H2,1-2H3,(H,15,17). The molecule has 2 aliphatic heterocycles. The molecule has 0 radical (unpaired) electrons. The van der Waals surface area contributed by atoms with Crippen molar-refractivity contribution in [3.8, 4) is 0 Å². The molecule has 0 saturated carbocycles. The summed E-state index contributed by atoms with van der Waals surface area (Å²) >= 11 is 0. The highest BCUT2D eigenvalue weighted by molar-refractivity contribution is 5.74. The van der Waals surface area contributed by atoms with Crippen LogP contribution in [0.1, 0.15) is 33.1 Å². The molecule has 3 atom stereocenters. The van der Waals surface area contributed by atoms with Crippen molar-refractivity contribution in [2.45, 2.75) is 39.2 Å². The zero-order valence-corrected chi connectivity index (χ0v) is 11.0. The normalized spacial score (nSPS) is 31.3. The molecule has 17 heavy (non-hydrogen) atoms. The Morgan fingerprint density at radius 1 is 1.47 bits per heavy atom. The van der Waals surface area contributed by atoms with Crippen LogP contribution < -0.4 is 10.6 Å². The quantitative estimate of drug-likeness (QED) is 0.765. The first-order valence-corrected chi connectivity index (χ1v) is 6.93. The monoisotopic (exact) mass is 239 g/mol. The molecule has 2 N–H and O–H groups in total. The largest absolute Gasteiger partial charge is 0.335 e. The lowest BCUT2D eigenvalue weighted by Gasteiger charge is -2.32. The van der Waals surface area contributed by atoms with Gasteiger partial charge in [0.2, 0.25) is 0 Å². The Balaban J connectivity index is 1.79. The van der Waals surface area contributed by atoms with E-state index in [1.807, 2.05) is 4.90 Å². The van der Waals surface area contributed by atoms with Crippen LogP contribution in [0.25, 0.3) is 0 Å². The molecule has 2 rings (SSSR count). The van der Waals surface area contributed by atoms with Crippen LogP contribution in [0.15, 0.2) is 0 Å². The minimum Gasteiger partial charge on any atom is -0.335 e. The number of urea groups is 1. The molecule has 0 aromatic carbocycles. The number of likely N-dealkylation sites (tertiary alicyclic amines) is 1. The average molecular weight is 239 g/mol. The van der Waals surface area contributed by atoms with E-state index in [2.05, 4.69) is 24.5 Å². The van der Waals surface area contributed by atoms with Gasteiger partial charge < -0.3 is 15.5 Å². The molecular formula is C13H25N3O. The van der Waals surface area contributed by atoms with Crippen molar-refractivity contribution >= 4 is 6.03 Å². The Morgan fingerprint density at radius 2 is 2.29 bits per heavy atom. The van der Waals surface area contributed by atoms with Gasteiger partial charge in [-0.2, -0.15) is 0 Å². The van der Waals surface area contributed by atoms with Crippen LogP contribution in [-0.2, 0) is 0 Å². The zero-order valence-electron chi connectivity index (χ0n) is 11.0. The number of hydrogen-bond acceptors (Lipinski definition) is 2. The Kier molecular flexibility index (Phi) is 4.26. The fraction of sp³-hybridized carbons (Fsp3) is 0.923. The van der Waals surface area contributed by atoms with Gasteiger partial charge in [-0.3, -0.25) is 0 Å². The van der Waals surface area contributed by atoms with Crippen molar-refractivity contribution in [1.29, 1.82) is 0 Å². The van der Waals surface area contributed by atoms with E-state index >= 15 is 0 Å². The predicted octanol–water partition coefficient (Wildman–Crippen LogP) is 1.43. The third-order valence-electron chi connectivity index (χ3n) is 4.10. The number of carbonyl (C=O) groups is 1. The van der Waals surface area contributed by atoms with Crippen molar-refractivity contribution < 1.29 is 4.79 Å². The molecule has 3 unspecified atom stereocenters. The van der Waals surface area contributed by atoms with Gasteiger partial charge in [0.15, 0.2) is 0 Å². The van der Waals surface area contributed by atoms with E-state index in [1.165, 1.54) is 12.8 Å². The van der Waals surface area contributed by atoms with E-state index in [9.17, 15) is 4.79 Å². The second-order valence-electron chi connectivity index (χ2n) is 5.68. The maximum atomic E-state index is 12.1. The van der Waals surface area contributed by atoms with E-state index in [0.717, 1.165) is 32.6 Å². The molecule has 4 heteroatoms. The van der Waals surface area contributed by atoms with E-state index in [4.69, 9.17) is 0 Å². The summed E-state index contributed by atoms with van der Waals surface area (Å²) in [6, 6.07) is 0.422. The van der Waals surface area contributed by atoms with Crippen LogP contribution in [0.3, 0.4) is 0 Å². The zero-order chi connectivity index (χ0) is 12.3. The van der Waals surface area contributed by atoms with Crippen molar-refractivity contribution in [2.75, 3.05) is 26.2 Å². The minimum atomic E-state index is 0.135. The van der Waals surface area contributed by atoms with Gasteiger partial charge in [0.1, 0.15) is 0 Å². The maximum absolute atomic E-state index is 12.1. The first-order valence-electron chi connectivity index (χ1n) is 6.93. The predicted molar refractivity (Wildman–Crippen MR) is 68.9 cm³/mol. The van der Waals surface area contributed by atoms with Crippen molar-refractivity contribution in [1.82, 2.24) is 15.5 Å². The van der Waals surface area contributed by atoms with Gasteiger partial charge in [0, 0.05) is 19.1 Å². The van der Waals surface area contributed by atoms with E-state index < -0.39 is 0 Å². The molecule has 2 saturated heterocycles.